The van der Waals surface area contributed by atoms with E-state index in [1.54, 1.807) is 37.3 Å². The lowest BCUT2D eigenvalue weighted by Gasteiger charge is -2.32. The molecule has 1 N–H and O–H groups in total. The van der Waals surface area contributed by atoms with Gasteiger partial charge in [0.1, 0.15) is 18.3 Å². The highest BCUT2D eigenvalue weighted by Crippen LogP contribution is 2.35. The normalized spacial score (nSPS) is 12.1. The van der Waals surface area contributed by atoms with Gasteiger partial charge in [0.05, 0.1) is 17.7 Å². The van der Waals surface area contributed by atoms with Crippen LogP contribution in [0.15, 0.2) is 83.8 Å². The third-order valence-corrected chi connectivity index (χ3v) is 8.36. The average molecular weight is 586 g/mol. The van der Waals surface area contributed by atoms with Gasteiger partial charge in [0.15, 0.2) is 0 Å². The van der Waals surface area contributed by atoms with Crippen LogP contribution in [-0.4, -0.2) is 57.9 Å². The zero-order chi connectivity index (χ0) is 29.3. The molecule has 0 spiro atoms. The van der Waals surface area contributed by atoms with Crippen molar-refractivity contribution in [1.29, 1.82) is 0 Å². The molecule has 0 aromatic heterocycles. The van der Waals surface area contributed by atoms with E-state index < -0.39 is 28.5 Å². The van der Waals surface area contributed by atoms with Crippen LogP contribution < -0.4 is 14.4 Å². The molecule has 0 aliphatic carbocycles. The number of methoxy groups -OCH3 is 1. The molecule has 0 bridgehead atoms. The first kappa shape index (κ1) is 31.0. The van der Waals surface area contributed by atoms with Crippen LogP contribution in [0.4, 0.5) is 5.69 Å². The second-order valence-corrected chi connectivity index (χ2v) is 12.1. The number of benzene rings is 3. The number of sulfonamides is 1. The Morgan fingerprint density at radius 3 is 2.17 bits per heavy atom. The number of carbonyl (C=O) groups excluding carboxylic acids is 2. The van der Waals surface area contributed by atoms with Gasteiger partial charge in [-0.25, -0.2) is 8.42 Å². The predicted molar refractivity (Wildman–Crippen MR) is 158 cm³/mol. The van der Waals surface area contributed by atoms with Crippen LogP contribution in [0.1, 0.15) is 26.3 Å². The van der Waals surface area contributed by atoms with E-state index >= 15 is 0 Å². The number of amides is 2. The fraction of sp³-hybridized carbons (Fsp3) is 0.333. The molecule has 3 rings (SSSR count). The maximum atomic E-state index is 14.0. The molecule has 1 unspecified atom stereocenters. The first-order valence-corrected chi connectivity index (χ1v) is 14.9. The molecule has 0 aliphatic rings. The number of carbonyl (C=O) groups is 2. The van der Waals surface area contributed by atoms with Crippen molar-refractivity contribution in [3.8, 4) is 5.75 Å². The Morgan fingerprint density at radius 1 is 0.950 bits per heavy atom. The first-order chi connectivity index (χ1) is 19.0. The quantitative estimate of drug-likeness (QED) is 0.312. The third kappa shape index (κ3) is 7.99. The summed E-state index contributed by atoms with van der Waals surface area (Å²) < 4.78 is 34.3. The molecule has 3 aromatic rings. The van der Waals surface area contributed by atoms with Gasteiger partial charge in [-0.1, -0.05) is 74.0 Å². The van der Waals surface area contributed by atoms with Crippen molar-refractivity contribution in [2.24, 2.45) is 5.92 Å². The van der Waals surface area contributed by atoms with E-state index in [2.05, 4.69) is 5.32 Å². The van der Waals surface area contributed by atoms with Gasteiger partial charge >= 0.3 is 0 Å². The SMILES string of the molecule is COc1ccc(Cl)cc1N(CC(=O)N(CCc1ccccc1)C(C)C(=O)NCC(C)C)S(=O)(=O)c1ccccc1. The van der Waals surface area contributed by atoms with E-state index in [0.29, 0.717) is 13.0 Å². The minimum absolute atomic E-state index is 0.00314. The third-order valence-electron chi connectivity index (χ3n) is 6.36. The van der Waals surface area contributed by atoms with Crippen LogP contribution in [-0.2, 0) is 26.0 Å². The number of nitrogens with zero attached hydrogens (tertiary/aromatic N) is 2. The van der Waals surface area contributed by atoms with Gasteiger partial charge in [-0.05, 0) is 55.2 Å². The summed E-state index contributed by atoms with van der Waals surface area (Å²) in [5.74, 6) is -0.390. The molecule has 0 saturated carbocycles. The molecule has 0 saturated heterocycles. The van der Waals surface area contributed by atoms with Crippen molar-refractivity contribution in [3.63, 3.8) is 0 Å². The Kier molecular flexibility index (Phi) is 11.0. The van der Waals surface area contributed by atoms with Crippen LogP contribution in [0, 0.1) is 5.92 Å². The second-order valence-electron chi connectivity index (χ2n) is 9.78. The lowest BCUT2D eigenvalue weighted by atomic mass is 10.1. The molecule has 0 heterocycles. The fourth-order valence-electron chi connectivity index (χ4n) is 4.11. The summed E-state index contributed by atoms with van der Waals surface area (Å²) in [7, 11) is -2.81. The zero-order valence-electron chi connectivity index (χ0n) is 23.2. The molecular formula is C30H36ClN3O5S. The molecule has 40 heavy (non-hydrogen) atoms. The van der Waals surface area contributed by atoms with E-state index in [9.17, 15) is 18.0 Å². The van der Waals surface area contributed by atoms with Crippen LogP contribution >= 0.6 is 11.6 Å². The Balaban J connectivity index is 2.02. The lowest BCUT2D eigenvalue weighted by molar-refractivity contribution is -0.138. The number of rotatable bonds is 13. The number of hydrogen-bond acceptors (Lipinski definition) is 5. The maximum absolute atomic E-state index is 14.0. The number of ether oxygens (including phenoxy) is 1. The van der Waals surface area contributed by atoms with Crippen molar-refractivity contribution >= 4 is 39.1 Å². The number of nitrogens with one attached hydrogen (secondary N) is 1. The summed E-state index contributed by atoms with van der Waals surface area (Å²) in [5.41, 5.74) is 1.10. The van der Waals surface area contributed by atoms with E-state index in [0.717, 1.165) is 9.87 Å². The van der Waals surface area contributed by atoms with Gasteiger partial charge in [0.25, 0.3) is 10.0 Å². The molecule has 0 radical (unpaired) electrons. The largest absolute Gasteiger partial charge is 0.495 e. The summed E-state index contributed by atoms with van der Waals surface area (Å²) in [6, 6.07) is 21.2. The van der Waals surface area contributed by atoms with Crippen molar-refractivity contribution in [2.45, 2.75) is 38.1 Å². The zero-order valence-corrected chi connectivity index (χ0v) is 24.8. The summed E-state index contributed by atoms with van der Waals surface area (Å²) in [4.78, 5) is 28.4. The van der Waals surface area contributed by atoms with Gasteiger partial charge < -0.3 is 15.0 Å². The van der Waals surface area contributed by atoms with Crippen molar-refractivity contribution in [1.82, 2.24) is 10.2 Å². The Labute approximate surface area is 241 Å². The van der Waals surface area contributed by atoms with Gasteiger partial charge in [-0.15, -0.1) is 0 Å². The molecule has 10 heteroatoms. The van der Waals surface area contributed by atoms with Crippen molar-refractivity contribution < 1.29 is 22.7 Å². The second kappa shape index (κ2) is 14.2. The predicted octanol–water partition coefficient (Wildman–Crippen LogP) is 4.78. The maximum Gasteiger partial charge on any atom is 0.264 e. The molecule has 8 nitrogen and oxygen atoms in total. The minimum atomic E-state index is -4.22. The van der Waals surface area contributed by atoms with Crippen LogP contribution in [0.5, 0.6) is 5.75 Å². The summed E-state index contributed by atoms with van der Waals surface area (Å²) in [5, 5.41) is 3.16. The topological polar surface area (TPSA) is 96.0 Å². The van der Waals surface area contributed by atoms with Gasteiger partial charge in [0.2, 0.25) is 11.8 Å². The Bertz CT molecular complexity index is 1380. The standard InChI is InChI=1S/C30H36ClN3O5S/c1-22(2)20-32-30(36)23(3)33(18-17-24-11-7-5-8-12-24)29(35)21-34(27-19-25(31)15-16-28(27)39-4)40(37,38)26-13-9-6-10-14-26/h5-16,19,22-23H,17-18,20-21H2,1-4H3,(H,32,36). The molecule has 0 aliphatic heterocycles. The van der Waals surface area contributed by atoms with Crippen molar-refractivity contribution in [3.05, 3.63) is 89.4 Å². The number of anilines is 1. The molecule has 1 atom stereocenters. The molecular weight excluding hydrogens is 550 g/mol. The van der Waals surface area contributed by atoms with E-state index in [1.165, 1.54) is 30.2 Å². The number of hydrogen-bond donors (Lipinski definition) is 1. The summed E-state index contributed by atoms with van der Waals surface area (Å²) in [6.07, 6.45) is 0.486. The smallest absolute Gasteiger partial charge is 0.264 e. The van der Waals surface area contributed by atoms with E-state index in [4.69, 9.17) is 16.3 Å². The Hall–Kier alpha value is -3.56. The van der Waals surface area contributed by atoms with Crippen molar-refractivity contribution in [2.75, 3.05) is 31.0 Å². The monoisotopic (exact) mass is 585 g/mol. The molecule has 214 valence electrons. The first-order valence-electron chi connectivity index (χ1n) is 13.1. The summed E-state index contributed by atoms with van der Waals surface area (Å²) in [6.45, 7) is 5.71. The Morgan fingerprint density at radius 2 is 1.57 bits per heavy atom. The molecule has 2 amide bonds. The highest BCUT2D eigenvalue weighted by Gasteiger charge is 2.33. The minimum Gasteiger partial charge on any atom is -0.495 e. The van der Waals surface area contributed by atoms with Crippen LogP contribution in [0.2, 0.25) is 5.02 Å². The fourth-order valence-corrected chi connectivity index (χ4v) is 5.72. The average Bonchev–Trinajstić information content (AvgIpc) is 2.95. The van der Waals surface area contributed by atoms with Crippen LogP contribution in [0.25, 0.3) is 0 Å². The number of halogens is 1. The molecule has 0 fully saturated rings. The summed E-state index contributed by atoms with van der Waals surface area (Å²) >= 11 is 6.26. The lowest BCUT2D eigenvalue weighted by Crippen LogP contribution is -2.52. The van der Waals surface area contributed by atoms with Gasteiger partial charge in [0, 0.05) is 18.1 Å². The highest BCUT2D eigenvalue weighted by atomic mass is 35.5. The van der Waals surface area contributed by atoms with Crippen LogP contribution in [0.3, 0.4) is 0 Å². The highest BCUT2D eigenvalue weighted by molar-refractivity contribution is 7.92. The van der Waals surface area contributed by atoms with E-state index in [1.807, 2.05) is 44.2 Å². The van der Waals surface area contributed by atoms with Gasteiger partial charge in [-0.2, -0.15) is 0 Å². The molecule has 3 aromatic carbocycles. The van der Waals surface area contributed by atoms with Gasteiger partial charge in [-0.3, -0.25) is 13.9 Å². The van der Waals surface area contributed by atoms with E-state index in [-0.39, 0.29) is 39.7 Å².